The van der Waals surface area contributed by atoms with E-state index >= 15 is 0 Å². The third-order valence-electron chi connectivity index (χ3n) is 3.35. The fourth-order valence-electron chi connectivity index (χ4n) is 2.49. The third kappa shape index (κ3) is 2.24. The minimum atomic E-state index is -0.399. The molecule has 0 aliphatic carbocycles. The van der Waals surface area contributed by atoms with Crippen molar-refractivity contribution < 1.29 is 4.92 Å². The van der Waals surface area contributed by atoms with Crippen LogP contribution in [0, 0.1) is 30.9 Å². The summed E-state index contributed by atoms with van der Waals surface area (Å²) in [5.74, 6) is 0. The van der Waals surface area contributed by atoms with Gasteiger partial charge in [-0.15, -0.1) is 0 Å². The second-order valence-electron chi connectivity index (χ2n) is 5.08. The topological polar surface area (TPSA) is 73.8 Å². The average Bonchev–Trinajstić information content (AvgIpc) is 2.76. The Labute approximate surface area is 121 Å². The van der Waals surface area contributed by atoms with E-state index in [0.29, 0.717) is 0 Å². The highest BCUT2D eigenvalue weighted by Crippen LogP contribution is 2.27. The van der Waals surface area contributed by atoms with Crippen LogP contribution in [-0.4, -0.2) is 19.7 Å². The second kappa shape index (κ2) is 4.66. The maximum absolute atomic E-state index is 11.0. The van der Waals surface area contributed by atoms with Crippen LogP contribution in [0.25, 0.3) is 16.6 Å². The number of nitro groups is 1. The highest BCUT2D eigenvalue weighted by Gasteiger charge is 2.13. The lowest BCUT2D eigenvalue weighted by Gasteiger charge is -2.09. The molecule has 1 aromatic carbocycles. The van der Waals surface area contributed by atoms with E-state index in [2.05, 4.69) is 10.1 Å². The molecule has 0 fully saturated rings. The van der Waals surface area contributed by atoms with E-state index in [0.717, 1.165) is 33.7 Å². The van der Waals surface area contributed by atoms with Crippen molar-refractivity contribution in [2.75, 3.05) is 0 Å². The molecule has 0 aliphatic rings. The zero-order valence-corrected chi connectivity index (χ0v) is 12.0. The molecule has 2 aromatic heterocycles. The van der Waals surface area contributed by atoms with Gasteiger partial charge < -0.3 is 0 Å². The average molecular weight is 282 g/mol. The molecule has 3 aromatic rings. The number of benzene rings is 1. The van der Waals surface area contributed by atoms with Crippen LogP contribution >= 0.6 is 0 Å². The maximum atomic E-state index is 11.0. The molecule has 0 atom stereocenters. The standard InChI is InChI=1S/C15H14N4O2/c1-9-7-15(18-11(3)6-10(2)17-18)13-8-12(19(20)21)4-5-14(13)16-9/h4-8H,1-3H3. The van der Waals surface area contributed by atoms with Crippen LogP contribution in [0.1, 0.15) is 17.1 Å². The first-order valence-corrected chi connectivity index (χ1v) is 6.55. The van der Waals surface area contributed by atoms with Gasteiger partial charge in [0.1, 0.15) is 0 Å². The lowest BCUT2D eigenvalue weighted by molar-refractivity contribution is -0.384. The van der Waals surface area contributed by atoms with Crippen molar-refractivity contribution in [3.8, 4) is 5.69 Å². The van der Waals surface area contributed by atoms with Crippen molar-refractivity contribution in [2.45, 2.75) is 20.8 Å². The van der Waals surface area contributed by atoms with Crippen molar-refractivity contribution >= 4 is 16.6 Å². The first-order chi connectivity index (χ1) is 9.95. The van der Waals surface area contributed by atoms with E-state index < -0.39 is 4.92 Å². The Bertz CT molecular complexity index is 867. The molecule has 0 bridgehead atoms. The lowest BCUT2D eigenvalue weighted by Crippen LogP contribution is -2.02. The highest BCUT2D eigenvalue weighted by atomic mass is 16.6. The van der Waals surface area contributed by atoms with Gasteiger partial charge in [-0.2, -0.15) is 5.10 Å². The Morgan fingerprint density at radius 2 is 1.86 bits per heavy atom. The third-order valence-corrected chi connectivity index (χ3v) is 3.35. The van der Waals surface area contributed by atoms with E-state index in [1.54, 1.807) is 16.8 Å². The summed E-state index contributed by atoms with van der Waals surface area (Å²) in [6, 6.07) is 8.56. The SMILES string of the molecule is Cc1cc(-n2nc(C)cc2C)c2cc([N+](=O)[O-])ccc2n1. The zero-order valence-electron chi connectivity index (χ0n) is 12.0. The van der Waals surface area contributed by atoms with Gasteiger partial charge in [0.05, 0.1) is 21.8 Å². The fourth-order valence-corrected chi connectivity index (χ4v) is 2.49. The van der Waals surface area contributed by atoms with Gasteiger partial charge in [-0.3, -0.25) is 15.1 Å². The zero-order chi connectivity index (χ0) is 15.1. The van der Waals surface area contributed by atoms with Crippen molar-refractivity contribution in [1.82, 2.24) is 14.8 Å². The van der Waals surface area contributed by atoms with Crippen LogP contribution in [0.2, 0.25) is 0 Å². The molecule has 0 saturated carbocycles. The van der Waals surface area contributed by atoms with Gasteiger partial charge in [-0.25, -0.2) is 4.68 Å². The second-order valence-corrected chi connectivity index (χ2v) is 5.08. The molecule has 0 amide bonds. The van der Waals surface area contributed by atoms with Gasteiger partial charge in [0.25, 0.3) is 5.69 Å². The molecule has 3 rings (SSSR count). The summed E-state index contributed by atoms with van der Waals surface area (Å²) in [5, 5.41) is 16.2. The number of nitro benzene ring substituents is 1. The molecule has 0 spiro atoms. The first-order valence-electron chi connectivity index (χ1n) is 6.55. The van der Waals surface area contributed by atoms with Gasteiger partial charge in [-0.05, 0) is 39.0 Å². The van der Waals surface area contributed by atoms with Gasteiger partial charge in [0.15, 0.2) is 0 Å². The molecular weight excluding hydrogens is 268 g/mol. The Balaban J connectivity index is 2.37. The van der Waals surface area contributed by atoms with Crippen molar-refractivity contribution in [1.29, 1.82) is 0 Å². The maximum Gasteiger partial charge on any atom is 0.270 e. The van der Waals surface area contributed by atoms with Crippen LogP contribution in [-0.2, 0) is 0 Å². The van der Waals surface area contributed by atoms with Crippen molar-refractivity contribution in [3.63, 3.8) is 0 Å². The molecular formula is C15H14N4O2. The molecule has 6 nitrogen and oxygen atoms in total. The molecule has 2 heterocycles. The number of rotatable bonds is 2. The predicted octanol–water partition coefficient (Wildman–Crippen LogP) is 3.25. The van der Waals surface area contributed by atoms with Gasteiger partial charge in [0, 0.05) is 28.9 Å². The number of aryl methyl sites for hydroxylation is 3. The largest absolute Gasteiger partial charge is 0.270 e. The van der Waals surface area contributed by atoms with Crippen molar-refractivity contribution in [2.24, 2.45) is 0 Å². The van der Waals surface area contributed by atoms with E-state index in [1.165, 1.54) is 6.07 Å². The van der Waals surface area contributed by atoms with E-state index in [1.807, 2.05) is 32.9 Å². The highest BCUT2D eigenvalue weighted by molar-refractivity contribution is 5.89. The Kier molecular flexibility index (Phi) is 2.94. The summed E-state index contributed by atoms with van der Waals surface area (Å²) >= 11 is 0. The van der Waals surface area contributed by atoms with Gasteiger partial charge >= 0.3 is 0 Å². The quantitative estimate of drug-likeness (QED) is 0.534. The number of aromatic nitrogens is 3. The molecule has 0 aliphatic heterocycles. The summed E-state index contributed by atoms with van der Waals surface area (Å²) in [6.45, 7) is 5.77. The number of nitrogens with zero attached hydrogens (tertiary/aromatic N) is 4. The summed E-state index contributed by atoms with van der Waals surface area (Å²) in [5.41, 5.74) is 4.32. The smallest absolute Gasteiger partial charge is 0.258 e. The van der Waals surface area contributed by atoms with Crippen LogP contribution in [0.3, 0.4) is 0 Å². The number of hydrogen-bond donors (Lipinski definition) is 0. The van der Waals surface area contributed by atoms with Crippen molar-refractivity contribution in [3.05, 3.63) is 57.5 Å². The molecule has 0 saturated heterocycles. The molecule has 6 heteroatoms. The number of hydrogen-bond acceptors (Lipinski definition) is 4. The molecule has 0 N–H and O–H groups in total. The minimum absolute atomic E-state index is 0.0518. The van der Waals surface area contributed by atoms with Gasteiger partial charge in [-0.1, -0.05) is 0 Å². The van der Waals surface area contributed by atoms with Crippen LogP contribution in [0.15, 0.2) is 30.3 Å². The predicted molar refractivity (Wildman–Crippen MR) is 79.7 cm³/mol. The van der Waals surface area contributed by atoms with Gasteiger partial charge in [0.2, 0.25) is 0 Å². The molecule has 0 radical (unpaired) electrons. The minimum Gasteiger partial charge on any atom is -0.258 e. The number of fused-ring (bicyclic) bond motifs is 1. The number of non-ortho nitro benzene ring substituents is 1. The first kappa shape index (κ1) is 13.2. The summed E-state index contributed by atoms with van der Waals surface area (Å²) in [7, 11) is 0. The van der Waals surface area contributed by atoms with E-state index in [-0.39, 0.29) is 5.69 Å². The van der Waals surface area contributed by atoms with E-state index in [9.17, 15) is 10.1 Å². The Morgan fingerprint density at radius 3 is 2.48 bits per heavy atom. The lowest BCUT2D eigenvalue weighted by atomic mass is 10.1. The summed E-state index contributed by atoms with van der Waals surface area (Å²) < 4.78 is 1.80. The monoisotopic (exact) mass is 282 g/mol. The summed E-state index contributed by atoms with van der Waals surface area (Å²) in [4.78, 5) is 15.0. The Morgan fingerprint density at radius 1 is 1.10 bits per heavy atom. The number of pyridine rings is 1. The molecule has 0 unspecified atom stereocenters. The molecule has 106 valence electrons. The molecule has 21 heavy (non-hydrogen) atoms. The summed E-state index contributed by atoms with van der Waals surface area (Å²) in [6.07, 6.45) is 0. The van der Waals surface area contributed by atoms with Crippen LogP contribution in [0.5, 0.6) is 0 Å². The van der Waals surface area contributed by atoms with Crippen LogP contribution in [0.4, 0.5) is 5.69 Å². The fraction of sp³-hybridized carbons (Fsp3) is 0.200. The van der Waals surface area contributed by atoms with E-state index in [4.69, 9.17) is 0 Å². The van der Waals surface area contributed by atoms with Crippen LogP contribution < -0.4 is 0 Å². The Hall–Kier alpha value is -2.76. The normalized spacial score (nSPS) is 11.0.